The maximum atomic E-state index is 13.1. The molecule has 0 radical (unpaired) electrons. The smallest absolute Gasteiger partial charge is 0.369 e. The number of hydrogen-bond acceptors (Lipinski definition) is 6. The van der Waals surface area contributed by atoms with Crippen LogP contribution in [0.2, 0.25) is 0 Å². The normalized spacial score (nSPS) is 16.2. The van der Waals surface area contributed by atoms with Gasteiger partial charge in [0.25, 0.3) is 5.69 Å². The average Bonchev–Trinajstić information content (AvgIpc) is 3.07. The molecule has 0 bridgehead atoms. The second kappa shape index (κ2) is 6.71. The van der Waals surface area contributed by atoms with Gasteiger partial charge in [-0.15, -0.1) is 0 Å². The minimum atomic E-state index is -4.77. The topological polar surface area (TPSA) is 75.7 Å². The van der Waals surface area contributed by atoms with Crippen molar-refractivity contribution in [3.05, 3.63) is 51.9 Å². The molecule has 0 spiro atoms. The monoisotopic (exact) mass is 356 g/mol. The molecule has 2 aromatic rings. The minimum absolute atomic E-state index is 0.332. The first kappa shape index (κ1) is 17.2. The molecular weight excluding hydrogens is 341 g/mol. The van der Waals surface area contributed by atoms with Crippen LogP contribution in [-0.4, -0.2) is 41.2 Å². The quantitative estimate of drug-likeness (QED) is 0.619. The number of nitro groups is 1. The number of piperazine rings is 1. The number of anilines is 1. The van der Waals surface area contributed by atoms with Crippen molar-refractivity contribution >= 4 is 11.4 Å². The van der Waals surface area contributed by atoms with E-state index in [0.717, 1.165) is 17.8 Å². The highest BCUT2D eigenvalue weighted by Gasteiger charge is 2.38. The van der Waals surface area contributed by atoms with Crippen LogP contribution < -0.4 is 4.90 Å². The molecule has 0 unspecified atom stereocenters. The number of hydrogen-bond donors (Lipinski definition) is 0. The van der Waals surface area contributed by atoms with Gasteiger partial charge >= 0.3 is 6.18 Å². The lowest BCUT2D eigenvalue weighted by molar-refractivity contribution is -0.388. The van der Waals surface area contributed by atoms with E-state index in [1.165, 1.54) is 12.3 Å². The van der Waals surface area contributed by atoms with E-state index >= 15 is 0 Å². The number of rotatable bonds is 4. The second-order valence-corrected chi connectivity index (χ2v) is 5.71. The van der Waals surface area contributed by atoms with Gasteiger partial charge in [-0.1, -0.05) is 5.16 Å². The zero-order valence-corrected chi connectivity index (χ0v) is 13.1. The predicted octanol–water partition coefficient (Wildman–Crippen LogP) is 2.92. The number of nitro benzene ring substituents is 1. The fraction of sp³-hybridized carbons (Fsp3) is 0.400. The molecule has 3 rings (SSSR count). The number of halogens is 3. The molecule has 0 saturated carbocycles. The Morgan fingerprint density at radius 1 is 1.20 bits per heavy atom. The van der Waals surface area contributed by atoms with Gasteiger partial charge in [0.15, 0.2) is 0 Å². The standard InChI is InChI=1S/C15H15F3N4O3/c16-15(17,18)13-9-12(1-2-14(13)22(23)24)21-6-4-20(5-7-21)10-11-3-8-25-19-11/h1-3,8-9H,4-7,10H2. The molecule has 0 N–H and O–H groups in total. The predicted molar refractivity (Wildman–Crippen MR) is 82.1 cm³/mol. The first-order valence-electron chi connectivity index (χ1n) is 7.57. The van der Waals surface area contributed by atoms with Crippen LogP contribution in [-0.2, 0) is 12.7 Å². The van der Waals surface area contributed by atoms with E-state index in [4.69, 9.17) is 4.52 Å². The first-order valence-corrected chi connectivity index (χ1v) is 7.57. The zero-order valence-electron chi connectivity index (χ0n) is 13.1. The van der Waals surface area contributed by atoms with Crippen molar-refractivity contribution in [3.63, 3.8) is 0 Å². The summed E-state index contributed by atoms with van der Waals surface area (Å²) in [6.45, 7) is 2.94. The molecule has 134 valence electrons. The van der Waals surface area contributed by atoms with Crippen LogP contribution in [0.1, 0.15) is 11.3 Å². The van der Waals surface area contributed by atoms with Crippen molar-refractivity contribution in [1.82, 2.24) is 10.1 Å². The summed E-state index contributed by atoms with van der Waals surface area (Å²) in [4.78, 5) is 13.7. The summed E-state index contributed by atoms with van der Waals surface area (Å²) < 4.78 is 44.0. The van der Waals surface area contributed by atoms with Gasteiger partial charge in [0.05, 0.1) is 10.6 Å². The highest BCUT2D eigenvalue weighted by atomic mass is 19.4. The summed E-state index contributed by atoms with van der Waals surface area (Å²) in [6, 6.07) is 4.89. The summed E-state index contributed by atoms with van der Waals surface area (Å²) in [5.74, 6) is 0. The maximum absolute atomic E-state index is 13.1. The van der Waals surface area contributed by atoms with Crippen LogP contribution in [0.25, 0.3) is 0 Å². The largest absolute Gasteiger partial charge is 0.423 e. The highest BCUT2D eigenvalue weighted by Crippen LogP contribution is 2.38. The third kappa shape index (κ3) is 3.90. The van der Waals surface area contributed by atoms with Gasteiger partial charge in [-0.3, -0.25) is 15.0 Å². The molecular formula is C15H15F3N4O3. The molecule has 1 aromatic heterocycles. The van der Waals surface area contributed by atoms with Gasteiger partial charge in [-0.05, 0) is 12.1 Å². The van der Waals surface area contributed by atoms with Crippen LogP contribution >= 0.6 is 0 Å². The fourth-order valence-electron chi connectivity index (χ4n) is 2.82. The summed E-state index contributed by atoms with van der Waals surface area (Å²) in [5, 5.41) is 14.7. The lowest BCUT2D eigenvalue weighted by Crippen LogP contribution is -2.46. The molecule has 10 heteroatoms. The molecule has 1 aromatic carbocycles. The molecule has 25 heavy (non-hydrogen) atoms. The summed E-state index contributed by atoms with van der Waals surface area (Å²) in [6.07, 6.45) is -3.28. The Kier molecular flexibility index (Phi) is 4.62. The Labute approximate surface area is 140 Å². The van der Waals surface area contributed by atoms with Crippen molar-refractivity contribution in [1.29, 1.82) is 0 Å². The van der Waals surface area contributed by atoms with Gasteiger partial charge in [0.1, 0.15) is 11.8 Å². The molecule has 1 saturated heterocycles. The number of benzene rings is 1. The lowest BCUT2D eigenvalue weighted by Gasteiger charge is -2.35. The second-order valence-electron chi connectivity index (χ2n) is 5.71. The van der Waals surface area contributed by atoms with Crippen LogP contribution in [0, 0.1) is 10.1 Å². The average molecular weight is 356 g/mol. The Balaban J connectivity index is 1.72. The highest BCUT2D eigenvalue weighted by molar-refractivity contribution is 5.57. The van der Waals surface area contributed by atoms with Crippen LogP contribution in [0.3, 0.4) is 0 Å². The van der Waals surface area contributed by atoms with Gasteiger partial charge in [0, 0.05) is 50.5 Å². The fourth-order valence-corrected chi connectivity index (χ4v) is 2.82. The van der Waals surface area contributed by atoms with Crippen LogP contribution in [0.5, 0.6) is 0 Å². The first-order chi connectivity index (χ1) is 11.8. The summed E-state index contributed by atoms with van der Waals surface area (Å²) in [5.41, 5.74) is -1.02. The number of alkyl halides is 3. The summed E-state index contributed by atoms with van der Waals surface area (Å²) >= 11 is 0. The minimum Gasteiger partial charge on any atom is -0.369 e. The third-order valence-electron chi connectivity index (χ3n) is 4.10. The third-order valence-corrected chi connectivity index (χ3v) is 4.10. The van der Waals surface area contributed by atoms with Crippen molar-refractivity contribution < 1.29 is 22.6 Å². The van der Waals surface area contributed by atoms with Crippen LogP contribution in [0.15, 0.2) is 35.1 Å². The molecule has 0 amide bonds. The van der Waals surface area contributed by atoms with Gasteiger partial charge in [-0.25, -0.2) is 0 Å². The Morgan fingerprint density at radius 2 is 1.92 bits per heavy atom. The van der Waals surface area contributed by atoms with E-state index in [9.17, 15) is 23.3 Å². The van der Waals surface area contributed by atoms with E-state index in [0.29, 0.717) is 38.4 Å². The van der Waals surface area contributed by atoms with Crippen molar-refractivity contribution in [2.24, 2.45) is 0 Å². The van der Waals surface area contributed by atoms with Gasteiger partial charge in [0.2, 0.25) is 0 Å². The van der Waals surface area contributed by atoms with E-state index < -0.39 is 22.4 Å². The zero-order chi connectivity index (χ0) is 18.0. The molecule has 1 aliphatic rings. The molecule has 0 atom stereocenters. The molecule has 0 aliphatic carbocycles. The maximum Gasteiger partial charge on any atom is 0.423 e. The summed E-state index contributed by atoms with van der Waals surface area (Å²) in [7, 11) is 0. The Bertz CT molecular complexity index is 741. The number of nitrogens with zero attached hydrogens (tertiary/aromatic N) is 4. The molecule has 1 aliphatic heterocycles. The van der Waals surface area contributed by atoms with Gasteiger partial charge < -0.3 is 9.42 Å². The molecule has 2 heterocycles. The molecule has 7 nitrogen and oxygen atoms in total. The van der Waals surface area contributed by atoms with E-state index in [2.05, 4.69) is 10.1 Å². The van der Waals surface area contributed by atoms with Gasteiger partial charge in [-0.2, -0.15) is 13.2 Å². The SMILES string of the molecule is O=[N+]([O-])c1ccc(N2CCN(Cc3ccon3)CC2)cc1C(F)(F)F. The van der Waals surface area contributed by atoms with Crippen molar-refractivity contribution in [2.75, 3.05) is 31.1 Å². The Morgan fingerprint density at radius 3 is 2.48 bits per heavy atom. The lowest BCUT2D eigenvalue weighted by atomic mass is 10.1. The van der Waals surface area contributed by atoms with Crippen molar-refractivity contribution in [2.45, 2.75) is 12.7 Å². The van der Waals surface area contributed by atoms with E-state index in [1.807, 2.05) is 0 Å². The Hall–Kier alpha value is -2.62. The van der Waals surface area contributed by atoms with Crippen LogP contribution in [0.4, 0.5) is 24.5 Å². The van der Waals surface area contributed by atoms with E-state index in [1.54, 1.807) is 11.0 Å². The number of aromatic nitrogens is 1. The van der Waals surface area contributed by atoms with E-state index in [-0.39, 0.29) is 0 Å². The molecule has 1 fully saturated rings. The van der Waals surface area contributed by atoms with Crippen molar-refractivity contribution in [3.8, 4) is 0 Å².